The van der Waals surface area contributed by atoms with E-state index < -0.39 is 0 Å². The average Bonchev–Trinajstić information content (AvgIpc) is 3.23. The summed E-state index contributed by atoms with van der Waals surface area (Å²) in [6, 6.07) is 8.55. The van der Waals surface area contributed by atoms with E-state index in [4.69, 9.17) is 0 Å². The Kier molecular flexibility index (Phi) is 4.39. The number of rotatable bonds is 4. The van der Waals surface area contributed by atoms with E-state index in [1.807, 2.05) is 5.38 Å². The highest BCUT2D eigenvalue weighted by Crippen LogP contribution is 2.25. The van der Waals surface area contributed by atoms with Crippen molar-refractivity contribution in [2.75, 3.05) is 12.4 Å². The van der Waals surface area contributed by atoms with Crippen molar-refractivity contribution in [1.82, 2.24) is 14.8 Å². The molecule has 8 heteroatoms. The number of aromatic nitrogens is 3. The molecule has 0 radical (unpaired) electrons. The molecule has 0 unspecified atom stereocenters. The highest BCUT2D eigenvalue weighted by molar-refractivity contribution is 7.14. The Morgan fingerprint density at radius 2 is 1.96 bits per heavy atom. The van der Waals surface area contributed by atoms with E-state index in [-0.39, 0.29) is 11.9 Å². The molecule has 1 aromatic carbocycles. The topological polar surface area (TPSA) is 86.1 Å². The third-order valence-corrected chi connectivity index (χ3v) is 4.03. The number of benzene rings is 1. The monoisotopic (exact) mass is 342 g/mol. The van der Waals surface area contributed by atoms with E-state index in [0.717, 1.165) is 5.56 Å². The molecule has 1 amide bonds. The number of carbonyl (C=O) groups is 2. The van der Waals surface area contributed by atoms with Crippen molar-refractivity contribution in [1.29, 1.82) is 0 Å². The molecule has 0 aliphatic rings. The van der Waals surface area contributed by atoms with Crippen LogP contribution >= 0.6 is 11.3 Å². The SMILES string of the molecule is COC(=O)c1ccc(-c2csc(NC(=O)c3ccn(C)n3)n2)cc1. The number of ether oxygens (including phenoxy) is 1. The van der Waals surface area contributed by atoms with Crippen molar-refractivity contribution in [2.45, 2.75) is 0 Å². The third kappa shape index (κ3) is 3.33. The Hall–Kier alpha value is -3.00. The summed E-state index contributed by atoms with van der Waals surface area (Å²) in [7, 11) is 3.09. The molecule has 0 fully saturated rings. The van der Waals surface area contributed by atoms with Gasteiger partial charge in [-0.1, -0.05) is 12.1 Å². The number of amides is 1. The maximum atomic E-state index is 12.1. The molecule has 122 valence electrons. The largest absolute Gasteiger partial charge is 0.465 e. The van der Waals surface area contributed by atoms with Gasteiger partial charge in [0, 0.05) is 24.2 Å². The van der Waals surface area contributed by atoms with Crippen LogP contribution in [0, 0.1) is 0 Å². The molecule has 1 N–H and O–H groups in total. The Morgan fingerprint density at radius 1 is 1.21 bits per heavy atom. The molecule has 3 rings (SSSR count). The molecular weight excluding hydrogens is 328 g/mol. The Morgan fingerprint density at radius 3 is 2.58 bits per heavy atom. The number of anilines is 1. The van der Waals surface area contributed by atoms with E-state index >= 15 is 0 Å². The lowest BCUT2D eigenvalue weighted by Crippen LogP contribution is -2.12. The fraction of sp³-hybridized carbons (Fsp3) is 0.125. The number of methoxy groups -OCH3 is 1. The van der Waals surface area contributed by atoms with Gasteiger partial charge in [0.25, 0.3) is 5.91 Å². The van der Waals surface area contributed by atoms with Crippen molar-refractivity contribution in [3.63, 3.8) is 0 Å². The molecule has 0 bridgehead atoms. The second-order valence-electron chi connectivity index (χ2n) is 4.94. The van der Waals surface area contributed by atoms with Gasteiger partial charge in [-0.15, -0.1) is 11.3 Å². The second kappa shape index (κ2) is 6.63. The number of nitrogens with zero attached hydrogens (tertiary/aromatic N) is 3. The van der Waals surface area contributed by atoms with Crippen LogP contribution in [0.2, 0.25) is 0 Å². The molecule has 2 aromatic heterocycles. The number of thiazole rings is 1. The first-order valence-electron chi connectivity index (χ1n) is 7.02. The molecule has 3 aromatic rings. The van der Waals surface area contributed by atoms with Crippen LogP contribution in [0.4, 0.5) is 5.13 Å². The number of aryl methyl sites for hydroxylation is 1. The predicted molar refractivity (Wildman–Crippen MR) is 90.1 cm³/mol. The zero-order valence-corrected chi connectivity index (χ0v) is 13.8. The maximum absolute atomic E-state index is 12.1. The molecule has 7 nitrogen and oxygen atoms in total. The van der Waals surface area contributed by atoms with E-state index in [9.17, 15) is 9.59 Å². The summed E-state index contributed by atoms with van der Waals surface area (Å²) in [5, 5.41) is 9.08. The summed E-state index contributed by atoms with van der Waals surface area (Å²) in [6.07, 6.45) is 1.70. The fourth-order valence-electron chi connectivity index (χ4n) is 2.06. The van der Waals surface area contributed by atoms with Crippen LogP contribution in [0.15, 0.2) is 41.9 Å². The number of esters is 1. The first kappa shape index (κ1) is 15.9. The molecule has 0 aliphatic carbocycles. The first-order valence-corrected chi connectivity index (χ1v) is 7.90. The molecular formula is C16H14N4O3S. The molecule has 2 heterocycles. The van der Waals surface area contributed by atoms with E-state index in [2.05, 4.69) is 20.1 Å². The Bertz CT molecular complexity index is 883. The molecule has 0 aliphatic heterocycles. The van der Waals surface area contributed by atoms with Gasteiger partial charge in [-0.25, -0.2) is 9.78 Å². The predicted octanol–water partition coefficient (Wildman–Crippen LogP) is 2.58. The van der Waals surface area contributed by atoms with Gasteiger partial charge >= 0.3 is 5.97 Å². The zero-order valence-electron chi connectivity index (χ0n) is 13.0. The maximum Gasteiger partial charge on any atom is 0.337 e. The highest BCUT2D eigenvalue weighted by Gasteiger charge is 2.12. The van der Waals surface area contributed by atoms with Gasteiger partial charge in [-0.2, -0.15) is 5.10 Å². The lowest BCUT2D eigenvalue weighted by atomic mass is 10.1. The molecule has 0 saturated heterocycles. The van der Waals surface area contributed by atoms with Gasteiger partial charge in [0.1, 0.15) is 0 Å². The van der Waals surface area contributed by atoms with Crippen molar-refractivity contribution < 1.29 is 14.3 Å². The standard InChI is InChI=1S/C16H14N4O3S/c1-20-8-7-12(19-20)14(21)18-16-17-13(9-24-16)10-3-5-11(6-4-10)15(22)23-2/h3-9H,1-2H3,(H,17,18,21). The zero-order chi connectivity index (χ0) is 17.1. The van der Waals surface area contributed by atoms with Crippen molar-refractivity contribution >= 4 is 28.3 Å². The van der Waals surface area contributed by atoms with Crippen LogP contribution in [0.5, 0.6) is 0 Å². The molecule has 0 saturated carbocycles. The summed E-state index contributed by atoms with van der Waals surface area (Å²) >= 11 is 1.32. The Labute approximate surface area is 141 Å². The minimum absolute atomic E-state index is 0.308. The number of hydrogen-bond acceptors (Lipinski definition) is 6. The lowest BCUT2D eigenvalue weighted by molar-refractivity contribution is 0.0600. The van der Waals surface area contributed by atoms with Crippen molar-refractivity contribution in [3.8, 4) is 11.3 Å². The Balaban J connectivity index is 1.73. The third-order valence-electron chi connectivity index (χ3n) is 3.27. The van der Waals surface area contributed by atoms with Crippen molar-refractivity contribution in [2.24, 2.45) is 7.05 Å². The van der Waals surface area contributed by atoms with Gasteiger partial charge in [-0.05, 0) is 18.2 Å². The number of nitrogens with one attached hydrogen (secondary N) is 1. The fourth-order valence-corrected chi connectivity index (χ4v) is 2.77. The average molecular weight is 342 g/mol. The van der Waals surface area contributed by atoms with Crippen LogP contribution in [0.1, 0.15) is 20.8 Å². The quantitative estimate of drug-likeness (QED) is 0.737. The normalized spacial score (nSPS) is 10.4. The van der Waals surface area contributed by atoms with Crippen LogP contribution in [-0.2, 0) is 11.8 Å². The van der Waals surface area contributed by atoms with Gasteiger partial charge in [-0.3, -0.25) is 14.8 Å². The van der Waals surface area contributed by atoms with Gasteiger partial charge in [0.15, 0.2) is 10.8 Å². The molecule has 0 atom stereocenters. The van der Waals surface area contributed by atoms with Crippen LogP contribution < -0.4 is 5.32 Å². The second-order valence-corrected chi connectivity index (χ2v) is 5.79. The van der Waals surface area contributed by atoms with Gasteiger partial charge < -0.3 is 4.74 Å². The lowest BCUT2D eigenvalue weighted by Gasteiger charge is -2.01. The highest BCUT2D eigenvalue weighted by atomic mass is 32.1. The first-order chi connectivity index (χ1) is 11.6. The summed E-state index contributed by atoms with van der Waals surface area (Å²) in [4.78, 5) is 27.9. The number of hydrogen-bond donors (Lipinski definition) is 1. The van der Waals surface area contributed by atoms with Gasteiger partial charge in [0.05, 0.1) is 18.4 Å². The number of carbonyl (C=O) groups excluding carboxylic acids is 2. The smallest absolute Gasteiger partial charge is 0.337 e. The van der Waals surface area contributed by atoms with Crippen molar-refractivity contribution in [3.05, 3.63) is 53.2 Å². The van der Waals surface area contributed by atoms with E-state index in [1.165, 1.54) is 18.4 Å². The van der Waals surface area contributed by atoms with Crippen LogP contribution in [0.25, 0.3) is 11.3 Å². The van der Waals surface area contributed by atoms with E-state index in [1.54, 1.807) is 48.3 Å². The van der Waals surface area contributed by atoms with Crippen LogP contribution in [0.3, 0.4) is 0 Å². The summed E-state index contributed by atoms with van der Waals surface area (Å²) in [5.74, 6) is -0.694. The minimum Gasteiger partial charge on any atom is -0.465 e. The summed E-state index contributed by atoms with van der Waals surface area (Å²) < 4.78 is 6.23. The molecule has 0 spiro atoms. The summed E-state index contributed by atoms with van der Waals surface area (Å²) in [6.45, 7) is 0. The summed E-state index contributed by atoms with van der Waals surface area (Å²) in [5.41, 5.74) is 2.36. The minimum atomic E-state index is -0.386. The molecule has 24 heavy (non-hydrogen) atoms. The van der Waals surface area contributed by atoms with E-state index in [0.29, 0.717) is 22.1 Å². The van der Waals surface area contributed by atoms with Gasteiger partial charge in [0.2, 0.25) is 0 Å². The van der Waals surface area contributed by atoms with Crippen LogP contribution in [-0.4, -0.2) is 33.8 Å².